The topological polar surface area (TPSA) is 72.5 Å². The van der Waals surface area contributed by atoms with E-state index >= 15 is 0 Å². The van der Waals surface area contributed by atoms with Crippen LogP contribution in [-0.2, 0) is 11.2 Å². The molecule has 1 aliphatic rings. The van der Waals surface area contributed by atoms with Crippen LogP contribution in [0.25, 0.3) is 10.9 Å². The quantitative estimate of drug-likeness (QED) is 0.555. The fraction of sp³-hybridized carbons (Fsp3) is 0.474. The summed E-state index contributed by atoms with van der Waals surface area (Å²) in [5.41, 5.74) is 2.30. The number of carbonyl (C=O) groups is 1. The Hall–Kier alpha value is -2.21. The third-order valence-electron chi connectivity index (χ3n) is 4.69. The van der Waals surface area contributed by atoms with E-state index in [1.165, 1.54) is 5.56 Å². The molecule has 3 rings (SSSR count). The fourth-order valence-corrected chi connectivity index (χ4v) is 3.46. The highest BCUT2D eigenvalue weighted by atomic mass is 35.5. The third-order valence-corrected chi connectivity index (χ3v) is 4.93. The zero-order valence-corrected chi connectivity index (χ0v) is 16.1. The zero-order chi connectivity index (χ0) is 18.5. The normalized spacial score (nSPS) is 18.4. The molecule has 7 heteroatoms. The minimum atomic E-state index is 0.211. The second-order valence-corrected chi connectivity index (χ2v) is 7.11. The number of nitrogens with one attached hydrogen (secondary N) is 3. The molecule has 1 unspecified atom stereocenters. The van der Waals surface area contributed by atoms with Crippen molar-refractivity contribution < 1.29 is 4.79 Å². The number of likely N-dealkylation sites (N-methyl/N-ethyl adjacent to an activating group) is 1. The number of aliphatic imine (C=N–C) groups is 1. The van der Waals surface area contributed by atoms with Crippen LogP contribution in [0.15, 0.2) is 29.4 Å². The van der Waals surface area contributed by atoms with E-state index in [9.17, 15) is 4.79 Å². The van der Waals surface area contributed by atoms with Gasteiger partial charge in [0.05, 0.1) is 0 Å². The molecule has 6 nitrogen and oxygen atoms in total. The largest absolute Gasteiger partial charge is 0.361 e. The number of benzene rings is 1. The van der Waals surface area contributed by atoms with Crippen molar-refractivity contribution in [3.8, 4) is 0 Å². The van der Waals surface area contributed by atoms with Gasteiger partial charge < -0.3 is 20.5 Å². The molecule has 1 saturated heterocycles. The van der Waals surface area contributed by atoms with Crippen molar-refractivity contribution in [2.75, 3.05) is 26.7 Å². The number of fused-ring (bicyclic) bond motifs is 1. The van der Waals surface area contributed by atoms with Gasteiger partial charge in [-0.1, -0.05) is 11.6 Å². The van der Waals surface area contributed by atoms with Gasteiger partial charge in [0.2, 0.25) is 5.91 Å². The van der Waals surface area contributed by atoms with Crippen LogP contribution in [0.4, 0.5) is 0 Å². The summed E-state index contributed by atoms with van der Waals surface area (Å²) in [6.45, 7) is 4.24. The van der Waals surface area contributed by atoms with E-state index in [1.807, 2.05) is 31.4 Å². The van der Waals surface area contributed by atoms with Crippen LogP contribution in [0, 0.1) is 0 Å². The number of piperidine rings is 1. The number of nitrogens with zero attached hydrogens (tertiary/aromatic N) is 2. The van der Waals surface area contributed by atoms with Crippen molar-refractivity contribution in [2.24, 2.45) is 4.99 Å². The first-order valence-electron chi connectivity index (χ1n) is 9.11. The lowest BCUT2D eigenvalue weighted by Crippen LogP contribution is -2.51. The summed E-state index contributed by atoms with van der Waals surface area (Å²) in [6, 6.07) is 6.12. The molecule has 0 bridgehead atoms. The van der Waals surface area contributed by atoms with Crippen LogP contribution in [0.2, 0.25) is 5.02 Å². The van der Waals surface area contributed by atoms with Crippen LogP contribution in [0.3, 0.4) is 0 Å². The molecule has 1 aromatic carbocycles. The van der Waals surface area contributed by atoms with E-state index in [0.29, 0.717) is 19.5 Å². The first-order chi connectivity index (χ1) is 12.6. The molecule has 1 atom stereocenters. The summed E-state index contributed by atoms with van der Waals surface area (Å²) >= 11 is 6.11. The summed E-state index contributed by atoms with van der Waals surface area (Å²) in [6.07, 6.45) is 4.29. The van der Waals surface area contributed by atoms with Crippen LogP contribution in [-0.4, -0.2) is 54.5 Å². The molecule has 0 saturated carbocycles. The number of guanidine groups is 1. The third kappa shape index (κ3) is 4.49. The Kier molecular flexibility index (Phi) is 6.04. The average Bonchev–Trinajstić information content (AvgIpc) is 3.00. The Morgan fingerprint density at radius 1 is 1.46 bits per heavy atom. The molecule has 26 heavy (non-hydrogen) atoms. The Labute approximate surface area is 159 Å². The molecular weight excluding hydrogens is 350 g/mol. The monoisotopic (exact) mass is 375 g/mol. The lowest BCUT2D eigenvalue weighted by molar-refractivity contribution is -0.132. The predicted molar refractivity (Wildman–Crippen MR) is 107 cm³/mol. The van der Waals surface area contributed by atoms with Crippen molar-refractivity contribution in [3.05, 3.63) is 35.0 Å². The summed E-state index contributed by atoms with van der Waals surface area (Å²) in [5.74, 6) is 1.01. The van der Waals surface area contributed by atoms with Gasteiger partial charge in [-0.25, -0.2) is 0 Å². The van der Waals surface area contributed by atoms with E-state index in [0.717, 1.165) is 41.3 Å². The molecule has 140 valence electrons. The number of aromatic nitrogens is 1. The van der Waals surface area contributed by atoms with E-state index in [2.05, 4.69) is 22.5 Å². The lowest BCUT2D eigenvalue weighted by Gasteiger charge is -2.31. The molecule has 0 spiro atoms. The average molecular weight is 376 g/mol. The lowest BCUT2D eigenvalue weighted by atomic mass is 10.1. The first-order valence-corrected chi connectivity index (χ1v) is 9.49. The number of halogens is 1. The van der Waals surface area contributed by atoms with Crippen LogP contribution < -0.4 is 10.6 Å². The Bertz CT molecular complexity index is 800. The Morgan fingerprint density at radius 3 is 3.08 bits per heavy atom. The molecule has 3 N–H and O–H groups in total. The van der Waals surface area contributed by atoms with Crippen molar-refractivity contribution in [3.63, 3.8) is 0 Å². The second kappa shape index (κ2) is 8.45. The molecule has 1 aliphatic heterocycles. The summed E-state index contributed by atoms with van der Waals surface area (Å²) in [7, 11) is 1.85. The number of hydrogen-bond donors (Lipinski definition) is 3. The fourth-order valence-electron chi connectivity index (χ4n) is 3.29. The van der Waals surface area contributed by atoms with Crippen LogP contribution >= 0.6 is 11.6 Å². The number of carbonyl (C=O) groups excluding carboxylic acids is 1. The SMILES string of the molecule is CCNC(=NCCc1c[nH]c2ccc(Cl)cc12)NC1CCC(=O)N(C)C1. The molecule has 1 aromatic heterocycles. The van der Waals surface area contributed by atoms with Crippen LogP contribution in [0.1, 0.15) is 25.3 Å². The molecular formula is C19H26ClN5O. The summed E-state index contributed by atoms with van der Waals surface area (Å²) in [5, 5.41) is 8.63. The van der Waals surface area contributed by atoms with Gasteiger partial charge in [0.25, 0.3) is 0 Å². The molecule has 0 aliphatic carbocycles. The number of H-pyrrole nitrogens is 1. The summed E-state index contributed by atoms with van der Waals surface area (Å²) < 4.78 is 0. The molecule has 2 aromatic rings. The Balaban J connectivity index is 1.61. The standard InChI is InChI=1S/C19H26ClN5O/c1-3-21-19(24-15-5-7-18(26)25(2)12-15)22-9-8-13-11-23-17-6-4-14(20)10-16(13)17/h4,6,10-11,15,23H,3,5,7-9,12H2,1-2H3,(H2,21,22,24). The van der Waals surface area contributed by atoms with Crippen LogP contribution in [0.5, 0.6) is 0 Å². The highest BCUT2D eigenvalue weighted by Gasteiger charge is 2.23. The zero-order valence-electron chi connectivity index (χ0n) is 15.3. The number of hydrogen-bond acceptors (Lipinski definition) is 2. The maximum atomic E-state index is 11.6. The van der Waals surface area contributed by atoms with E-state index in [4.69, 9.17) is 16.6 Å². The second-order valence-electron chi connectivity index (χ2n) is 6.67. The highest BCUT2D eigenvalue weighted by Crippen LogP contribution is 2.22. The van der Waals surface area contributed by atoms with E-state index < -0.39 is 0 Å². The number of amides is 1. The van der Waals surface area contributed by atoms with Gasteiger partial charge in [0, 0.05) is 61.3 Å². The van der Waals surface area contributed by atoms with Gasteiger partial charge in [-0.2, -0.15) is 0 Å². The van der Waals surface area contributed by atoms with Crippen molar-refractivity contribution in [1.29, 1.82) is 0 Å². The maximum Gasteiger partial charge on any atom is 0.222 e. The maximum absolute atomic E-state index is 11.6. The van der Waals surface area contributed by atoms with Crippen molar-refractivity contribution in [1.82, 2.24) is 20.5 Å². The van der Waals surface area contributed by atoms with Gasteiger partial charge in [0.15, 0.2) is 5.96 Å². The van der Waals surface area contributed by atoms with Gasteiger partial charge in [-0.15, -0.1) is 0 Å². The molecule has 0 radical (unpaired) electrons. The molecule has 1 fully saturated rings. The van der Waals surface area contributed by atoms with Gasteiger partial charge in [-0.3, -0.25) is 9.79 Å². The van der Waals surface area contributed by atoms with Gasteiger partial charge in [0.1, 0.15) is 0 Å². The Morgan fingerprint density at radius 2 is 2.31 bits per heavy atom. The minimum absolute atomic E-state index is 0.211. The van der Waals surface area contributed by atoms with E-state index in [-0.39, 0.29) is 11.9 Å². The summed E-state index contributed by atoms with van der Waals surface area (Å²) in [4.78, 5) is 21.4. The minimum Gasteiger partial charge on any atom is -0.361 e. The number of rotatable bonds is 5. The van der Waals surface area contributed by atoms with E-state index in [1.54, 1.807) is 4.90 Å². The number of aromatic amines is 1. The van der Waals surface area contributed by atoms with Gasteiger partial charge in [-0.05, 0) is 43.5 Å². The van der Waals surface area contributed by atoms with Crippen molar-refractivity contribution in [2.45, 2.75) is 32.2 Å². The smallest absolute Gasteiger partial charge is 0.222 e. The first kappa shape index (κ1) is 18.6. The molecule has 2 heterocycles. The number of likely N-dealkylation sites (tertiary alicyclic amines) is 1. The van der Waals surface area contributed by atoms with Gasteiger partial charge >= 0.3 is 0 Å². The molecule has 1 amide bonds. The predicted octanol–water partition coefficient (Wildman–Crippen LogP) is 2.54. The van der Waals surface area contributed by atoms with Crippen molar-refractivity contribution >= 4 is 34.4 Å². The highest BCUT2D eigenvalue weighted by molar-refractivity contribution is 6.31.